The summed E-state index contributed by atoms with van der Waals surface area (Å²) in [7, 11) is 2.09. The van der Waals surface area contributed by atoms with Crippen molar-refractivity contribution in [2.24, 2.45) is 0 Å². The van der Waals surface area contributed by atoms with Crippen molar-refractivity contribution in [3.63, 3.8) is 0 Å². The van der Waals surface area contributed by atoms with Gasteiger partial charge in [-0.3, -0.25) is 4.90 Å². The van der Waals surface area contributed by atoms with E-state index in [9.17, 15) is 0 Å². The van der Waals surface area contributed by atoms with Crippen molar-refractivity contribution in [2.75, 3.05) is 13.6 Å². The quantitative estimate of drug-likeness (QED) is 0.819. The minimum absolute atomic E-state index is 0.803. The molecule has 2 aromatic rings. The Kier molecular flexibility index (Phi) is 4.53. The maximum absolute atomic E-state index is 5.07. The van der Waals surface area contributed by atoms with Crippen LogP contribution in [-0.4, -0.2) is 23.6 Å². The first-order valence-electron chi connectivity index (χ1n) is 6.46. The smallest absolute Gasteiger partial charge is 0.133 e. The van der Waals surface area contributed by atoms with E-state index >= 15 is 0 Å². The molecule has 1 heterocycles. The monoisotopic (exact) mass is 256 g/mol. The second-order valence-electron chi connectivity index (χ2n) is 5.00. The Labute approximate surface area is 114 Å². The summed E-state index contributed by atoms with van der Waals surface area (Å²) in [5.41, 5.74) is 3.55. The third-order valence-corrected chi connectivity index (χ3v) is 2.84. The van der Waals surface area contributed by atoms with Crippen molar-refractivity contribution < 1.29 is 4.52 Å². The number of aromatic nitrogens is 1. The Morgan fingerprint density at radius 3 is 2.68 bits per heavy atom. The van der Waals surface area contributed by atoms with Gasteiger partial charge >= 0.3 is 0 Å². The van der Waals surface area contributed by atoms with Gasteiger partial charge in [-0.1, -0.05) is 47.1 Å². The first kappa shape index (κ1) is 13.6. The lowest BCUT2D eigenvalue weighted by molar-refractivity contribution is 0.330. The highest BCUT2D eigenvalue weighted by molar-refractivity contribution is 5.52. The molecule has 0 saturated carbocycles. The molecule has 0 amide bonds. The minimum atomic E-state index is 0.803. The molecule has 0 atom stereocenters. The lowest BCUT2D eigenvalue weighted by atomic mass is 10.1. The fourth-order valence-electron chi connectivity index (χ4n) is 2.13. The molecule has 3 heteroatoms. The Morgan fingerprint density at radius 2 is 2.05 bits per heavy atom. The van der Waals surface area contributed by atoms with Gasteiger partial charge in [0.25, 0.3) is 0 Å². The van der Waals surface area contributed by atoms with Crippen molar-refractivity contribution in [3.8, 4) is 0 Å². The zero-order valence-electron chi connectivity index (χ0n) is 11.8. The van der Waals surface area contributed by atoms with Crippen LogP contribution in [0.5, 0.6) is 0 Å². The molecule has 19 heavy (non-hydrogen) atoms. The molecule has 100 valence electrons. The van der Waals surface area contributed by atoms with Crippen LogP contribution in [0, 0.1) is 6.92 Å². The van der Waals surface area contributed by atoms with Crippen LogP contribution in [0.25, 0.3) is 6.08 Å². The first-order chi connectivity index (χ1) is 9.13. The Bertz CT molecular complexity index is 543. The largest absolute Gasteiger partial charge is 0.361 e. The summed E-state index contributed by atoms with van der Waals surface area (Å²) < 4.78 is 5.07. The molecule has 2 rings (SSSR count). The first-order valence-corrected chi connectivity index (χ1v) is 6.46. The van der Waals surface area contributed by atoms with Gasteiger partial charge in [-0.25, -0.2) is 0 Å². The molecule has 3 nitrogen and oxygen atoms in total. The Hall–Kier alpha value is -1.87. The Balaban J connectivity index is 1.91. The van der Waals surface area contributed by atoms with Crippen LogP contribution >= 0.6 is 0 Å². The fraction of sp³-hybridized carbons (Fsp3) is 0.312. The van der Waals surface area contributed by atoms with Crippen molar-refractivity contribution in [1.82, 2.24) is 10.1 Å². The van der Waals surface area contributed by atoms with E-state index in [4.69, 9.17) is 4.52 Å². The second kappa shape index (κ2) is 6.34. The topological polar surface area (TPSA) is 29.3 Å². The van der Waals surface area contributed by atoms with E-state index in [0.717, 1.165) is 24.5 Å². The van der Waals surface area contributed by atoms with Gasteiger partial charge in [0.05, 0.1) is 5.69 Å². The van der Waals surface area contributed by atoms with Gasteiger partial charge in [-0.05, 0) is 26.5 Å². The molecule has 0 N–H and O–H groups in total. The molecule has 1 aromatic heterocycles. The van der Waals surface area contributed by atoms with Gasteiger partial charge in [0.15, 0.2) is 0 Å². The third-order valence-electron chi connectivity index (χ3n) is 2.84. The van der Waals surface area contributed by atoms with Gasteiger partial charge in [-0.2, -0.15) is 0 Å². The molecule has 0 aliphatic heterocycles. The maximum atomic E-state index is 5.07. The van der Waals surface area contributed by atoms with Crippen molar-refractivity contribution in [1.29, 1.82) is 0 Å². The molecule has 1 aromatic carbocycles. The van der Waals surface area contributed by atoms with Crippen molar-refractivity contribution in [3.05, 3.63) is 59.0 Å². The van der Waals surface area contributed by atoms with Crippen molar-refractivity contribution >= 4 is 6.08 Å². The molecule has 0 unspecified atom stereocenters. The second-order valence-corrected chi connectivity index (χ2v) is 5.00. The van der Waals surface area contributed by atoms with Crippen LogP contribution in [0.2, 0.25) is 0 Å². The lowest BCUT2D eigenvalue weighted by Gasteiger charge is -2.15. The van der Waals surface area contributed by atoms with E-state index in [1.807, 2.05) is 19.1 Å². The number of hydrogen-bond acceptors (Lipinski definition) is 3. The van der Waals surface area contributed by atoms with E-state index in [1.54, 1.807) is 0 Å². The van der Waals surface area contributed by atoms with E-state index in [1.165, 1.54) is 11.1 Å². The zero-order valence-corrected chi connectivity index (χ0v) is 11.8. The molecular formula is C16H20N2O. The SMILES string of the molecule is C/C(=C\c1ccccc1)CN(C)Cc1cc(C)on1. The Morgan fingerprint density at radius 1 is 1.32 bits per heavy atom. The molecule has 0 saturated heterocycles. The predicted octanol–water partition coefficient (Wildman–Crippen LogP) is 3.52. The summed E-state index contributed by atoms with van der Waals surface area (Å²) in [5.74, 6) is 0.861. The van der Waals surface area contributed by atoms with E-state index in [0.29, 0.717) is 0 Å². The highest BCUT2D eigenvalue weighted by Gasteiger charge is 2.05. The standard InChI is InChI=1S/C16H20N2O/c1-13(9-15-7-5-4-6-8-15)11-18(3)12-16-10-14(2)19-17-16/h4-10H,11-12H2,1-3H3/b13-9+. The number of likely N-dealkylation sites (N-methyl/N-ethyl adjacent to an activating group) is 1. The van der Waals surface area contributed by atoms with Gasteiger partial charge in [0.2, 0.25) is 0 Å². The number of hydrogen-bond donors (Lipinski definition) is 0. The summed E-state index contributed by atoms with van der Waals surface area (Å²) in [5, 5.41) is 4.01. The molecule has 0 spiro atoms. The van der Waals surface area contributed by atoms with E-state index in [-0.39, 0.29) is 0 Å². The number of aryl methyl sites for hydroxylation is 1. The van der Waals surface area contributed by atoms with Crippen LogP contribution < -0.4 is 0 Å². The number of rotatable bonds is 5. The summed E-state index contributed by atoms with van der Waals surface area (Å²) in [6.45, 7) is 5.78. The highest BCUT2D eigenvalue weighted by atomic mass is 16.5. The summed E-state index contributed by atoms with van der Waals surface area (Å²) in [6.07, 6.45) is 2.21. The average Bonchev–Trinajstić information content (AvgIpc) is 2.75. The van der Waals surface area contributed by atoms with Gasteiger partial charge in [0.1, 0.15) is 5.76 Å². The zero-order chi connectivity index (χ0) is 13.7. The normalized spacial score (nSPS) is 12.1. The number of nitrogens with zero attached hydrogens (tertiary/aromatic N) is 2. The van der Waals surface area contributed by atoms with Gasteiger partial charge in [0, 0.05) is 19.2 Å². The lowest BCUT2D eigenvalue weighted by Crippen LogP contribution is -2.20. The fourth-order valence-corrected chi connectivity index (χ4v) is 2.13. The molecule has 0 bridgehead atoms. The van der Waals surface area contributed by atoms with Crippen LogP contribution in [0.15, 0.2) is 46.5 Å². The summed E-state index contributed by atoms with van der Waals surface area (Å²) in [4.78, 5) is 2.23. The minimum Gasteiger partial charge on any atom is -0.361 e. The average molecular weight is 256 g/mol. The molecule has 0 aliphatic carbocycles. The molecular weight excluding hydrogens is 236 g/mol. The molecule has 0 fully saturated rings. The highest BCUT2D eigenvalue weighted by Crippen LogP contribution is 2.09. The van der Waals surface area contributed by atoms with Crippen molar-refractivity contribution in [2.45, 2.75) is 20.4 Å². The van der Waals surface area contributed by atoms with Crippen LogP contribution in [0.3, 0.4) is 0 Å². The van der Waals surface area contributed by atoms with Gasteiger partial charge < -0.3 is 4.52 Å². The molecule has 0 radical (unpaired) electrons. The summed E-state index contributed by atoms with van der Waals surface area (Å²) >= 11 is 0. The number of benzene rings is 1. The van der Waals surface area contributed by atoms with E-state index < -0.39 is 0 Å². The van der Waals surface area contributed by atoms with Crippen LogP contribution in [0.4, 0.5) is 0 Å². The maximum Gasteiger partial charge on any atom is 0.133 e. The van der Waals surface area contributed by atoms with Crippen LogP contribution in [0.1, 0.15) is 23.9 Å². The molecule has 0 aliphatic rings. The van der Waals surface area contributed by atoms with Crippen LogP contribution in [-0.2, 0) is 6.54 Å². The third kappa shape index (κ3) is 4.38. The van der Waals surface area contributed by atoms with E-state index in [2.05, 4.69) is 54.4 Å². The summed E-state index contributed by atoms with van der Waals surface area (Å²) in [6, 6.07) is 12.4. The predicted molar refractivity (Wildman–Crippen MR) is 77.7 cm³/mol. The van der Waals surface area contributed by atoms with Gasteiger partial charge in [-0.15, -0.1) is 0 Å².